The first-order valence-electron chi connectivity index (χ1n) is 4.95. The smallest absolute Gasteiger partial charge is 0.191 e. The zero-order chi connectivity index (χ0) is 10.9. The van der Waals surface area contributed by atoms with Crippen molar-refractivity contribution in [1.82, 2.24) is 14.8 Å². The fourth-order valence-electron chi connectivity index (χ4n) is 1.04. The Morgan fingerprint density at radius 2 is 2.33 bits per heavy atom. The Balaban J connectivity index is 2.29. The molecule has 1 aromatic heterocycles. The van der Waals surface area contributed by atoms with Gasteiger partial charge in [-0.1, -0.05) is 11.8 Å². The minimum absolute atomic E-state index is 0.678. The molecular weight excluding hydrogens is 214 g/mol. The van der Waals surface area contributed by atoms with E-state index in [1.54, 1.807) is 25.2 Å². The van der Waals surface area contributed by atoms with Crippen LogP contribution in [-0.2, 0) is 16.0 Å². The van der Waals surface area contributed by atoms with E-state index in [1.807, 2.05) is 11.5 Å². The van der Waals surface area contributed by atoms with Crippen LogP contribution in [0, 0.1) is 0 Å². The van der Waals surface area contributed by atoms with E-state index in [9.17, 15) is 0 Å². The Labute approximate surface area is 94.2 Å². The summed E-state index contributed by atoms with van der Waals surface area (Å²) in [5, 5.41) is 8.82. The first kappa shape index (κ1) is 12.5. The van der Waals surface area contributed by atoms with Gasteiger partial charge in [-0.2, -0.15) is 0 Å². The monoisotopic (exact) mass is 231 g/mol. The summed E-state index contributed by atoms with van der Waals surface area (Å²) in [6.07, 6.45) is 1.72. The molecule has 0 amide bonds. The van der Waals surface area contributed by atoms with Crippen LogP contribution in [0.25, 0.3) is 0 Å². The van der Waals surface area contributed by atoms with Gasteiger partial charge in [-0.05, 0) is 6.92 Å². The molecule has 0 aliphatic carbocycles. The number of nitrogens with zero attached hydrogens (tertiary/aromatic N) is 3. The molecule has 15 heavy (non-hydrogen) atoms. The van der Waals surface area contributed by atoms with Crippen molar-refractivity contribution in [2.24, 2.45) is 0 Å². The molecule has 1 aromatic rings. The number of ether oxygens (including phenoxy) is 2. The summed E-state index contributed by atoms with van der Waals surface area (Å²) >= 11 is 1.65. The predicted octanol–water partition coefficient (Wildman–Crippen LogP) is 1.05. The third-order valence-corrected chi connectivity index (χ3v) is 2.72. The van der Waals surface area contributed by atoms with Crippen molar-refractivity contribution in [1.29, 1.82) is 0 Å². The van der Waals surface area contributed by atoms with E-state index < -0.39 is 0 Å². The molecule has 0 aliphatic heterocycles. The minimum atomic E-state index is 0.678. The fraction of sp³-hybridized carbons (Fsp3) is 0.778. The van der Waals surface area contributed by atoms with Crippen LogP contribution in [-0.4, -0.2) is 47.4 Å². The van der Waals surface area contributed by atoms with E-state index in [0.717, 1.165) is 30.7 Å². The van der Waals surface area contributed by atoms with Crippen LogP contribution in [0.1, 0.15) is 6.92 Å². The quantitative estimate of drug-likeness (QED) is 0.494. The zero-order valence-corrected chi connectivity index (χ0v) is 10.00. The second kappa shape index (κ2) is 7.67. The Hall–Kier alpha value is -0.590. The zero-order valence-electron chi connectivity index (χ0n) is 9.18. The lowest BCUT2D eigenvalue weighted by Gasteiger charge is -2.05. The maximum absolute atomic E-state index is 5.25. The average molecular weight is 231 g/mol. The summed E-state index contributed by atoms with van der Waals surface area (Å²) in [5.74, 6) is 0.902. The van der Waals surface area contributed by atoms with Crippen LogP contribution in [0.2, 0.25) is 0 Å². The maximum atomic E-state index is 5.25. The third-order valence-electron chi connectivity index (χ3n) is 1.78. The van der Waals surface area contributed by atoms with E-state index in [-0.39, 0.29) is 0 Å². The molecule has 1 heterocycles. The molecule has 0 unspecified atom stereocenters. The van der Waals surface area contributed by atoms with E-state index in [4.69, 9.17) is 9.47 Å². The highest BCUT2D eigenvalue weighted by Gasteiger charge is 2.03. The molecule has 1 rings (SSSR count). The van der Waals surface area contributed by atoms with E-state index >= 15 is 0 Å². The summed E-state index contributed by atoms with van der Waals surface area (Å²) in [4.78, 5) is 0. The van der Waals surface area contributed by atoms with E-state index in [0.29, 0.717) is 6.61 Å². The number of hydrogen-bond donors (Lipinski definition) is 0. The standard InChI is InChI=1S/C9H17N3O2S/c1-3-14-6-7-15-9-11-10-8-12(9)4-5-13-2/h8H,3-7H2,1-2H3. The number of rotatable bonds is 8. The molecule has 0 N–H and O–H groups in total. The molecule has 0 saturated carbocycles. The number of hydrogen-bond acceptors (Lipinski definition) is 5. The van der Waals surface area contributed by atoms with Crippen LogP contribution < -0.4 is 0 Å². The Bertz CT molecular complexity index is 268. The number of thioether (sulfide) groups is 1. The van der Waals surface area contributed by atoms with Gasteiger partial charge in [-0.25, -0.2) is 0 Å². The van der Waals surface area contributed by atoms with Crippen molar-refractivity contribution in [2.75, 3.05) is 32.7 Å². The van der Waals surface area contributed by atoms with E-state index in [2.05, 4.69) is 10.2 Å². The summed E-state index contributed by atoms with van der Waals surface area (Å²) < 4.78 is 12.2. The number of methoxy groups -OCH3 is 1. The molecule has 0 aliphatic rings. The maximum Gasteiger partial charge on any atom is 0.191 e. The summed E-state index contributed by atoms with van der Waals surface area (Å²) in [7, 11) is 1.69. The third kappa shape index (κ3) is 4.63. The van der Waals surface area contributed by atoms with Gasteiger partial charge in [-0.3, -0.25) is 0 Å². The van der Waals surface area contributed by atoms with Gasteiger partial charge in [0.25, 0.3) is 0 Å². The lowest BCUT2D eigenvalue weighted by molar-refractivity contribution is 0.164. The van der Waals surface area contributed by atoms with Crippen molar-refractivity contribution in [3.05, 3.63) is 6.33 Å². The van der Waals surface area contributed by atoms with Gasteiger partial charge in [0.1, 0.15) is 6.33 Å². The molecule has 0 radical (unpaired) electrons. The average Bonchev–Trinajstić information content (AvgIpc) is 2.69. The van der Waals surface area contributed by atoms with E-state index in [1.165, 1.54) is 0 Å². The SMILES string of the molecule is CCOCCSc1nncn1CCOC. The van der Waals surface area contributed by atoms with Gasteiger partial charge >= 0.3 is 0 Å². The summed E-state index contributed by atoms with van der Waals surface area (Å²) in [6.45, 7) is 4.97. The van der Waals surface area contributed by atoms with Gasteiger partial charge in [0.2, 0.25) is 0 Å². The van der Waals surface area contributed by atoms with Crippen LogP contribution in [0.3, 0.4) is 0 Å². The molecule has 0 atom stereocenters. The molecule has 5 nitrogen and oxygen atoms in total. The van der Waals surface area contributed by atoms with Gasteiger partial charge < -0.3 is 14.0 Å². The molecule has 0 aromatic carbocycles. The Morgan fingerprint density at radius 1 is 1.47 bits per heavy atom. The van der Waals surface area contributed by atoms with Crippen molar-refractivity contribution in [2.45, 2.75) is 18.6 Å². The van der Waals surface area contributed by atoms with Crippen LogP contribution >= 0.6 is 11.8 Å². The molecule has 0 spiro atoms. The van der Waals surface area contributed by atoms with Crippen LogP contribution in [0.5, 0.6) is 0 Å². The lowest BCUT2D eigenvalue weighted by Crippen LogP contribution is -2.05. The summed E-state index contributed by atoms with van der Waals surface area (Å²) in [5.41, 5.74) is 0. The van der Waals surface area contributed by atoms with Gasteiger partial charge in [0.05, 0.1) is 13.2 Å². The summed E-state index contributed by atoms with van der Waals surface area (Å²) in [6, 6.07) is 0. The largest absolute Gasteiger partial charge is 0.383 e. The molecule has 86 valence electrons. The second-order valence-corrected chi connectivity index (χ2v) is 3.91. The van der Waals surface area contributed by atoms with Crippen LogP contribution in [0.4, 0.5) is 0 Å². The van der Waals surface area contributed by atoms with Gasteiger partial charge in [0.15, 0.2) is 5.16 Å². The predicted molar refractivity (Wildman–Crippen MR) is 59.1 cm³/mol. The fourth-order valence-corrected chi connectivity index (χ4v) is 1.83. The molecule has 0 saturated heterocycles. The molecule has 0 fully saturated rings. The topological polar surface area (TPSA) is 49.2 Å². The molecule has 6 heteroatoms. The van der Waals surface area contributed by atoms with Gasteiger partial charge in [0, 0.05) is 26.0 Å². The van der Waals surface area contributed by atoms with Crippen molar-refractivity contribution in [3.8, 4) is 0 Å². The van der Waals surface area contributed by atoms with Crippen molar-refractivity contribution in [3.63, 3.8) is 0 Å². The molecule has 0 bridgehead atoms. The second-order valence-electron chi connectivity index (χ2n) is 2.85. The van der Waals surface area contributed by atoms with Gasteiger partial charge in [-0.15, -0.1) is 10.2 Å². The lowest BCUT2D eigenvalue weighted by atomic mass is 10.7. The normalized spacial score (nSPS) is 10.8. The first-order valence-corrected chi connectivity index (χ1v) is 5.94. The molecular formula is C9H17N3O2S. The van der Waals surface area contributed by atoms with Crippen LogP contribution in [0.15, 0.2) is 11.5 Å². The number of aromatic nitrogens is 3. The Morgan fingerprint density at radius 3 is 3.07 bits per heavy atom. The minimum Gasteiger partial charge on any atom is -0.383 e. The van der Waals surface area contributed by atoms with Crippen molar-refractivity contribution < 1.29 is 9.47 Å². The first-order chi connectivity index (χ1) is 7.38. The highest BCUT2D eigenvalue weighted by atomic mass is 32.2. The highest BCUT2D eigenvalue weighted by molar-refractivity contribution is 7.99. The van der Waals surface area contributed by atoms with Crippen molar-refractivity contribution >= 4 is 11.8 Å². The highest BCUT2D eigenvalue weighted by Crippen LogP contribution is 2.13. The Kier molecular flexibility index (Phi) is 6.38.